The first-order valence-electron chi connectivity index (χ1n) is 30.1. The molecule has 0 fully saturated rings. The van der Waals surface area contributed by atoms with E-state index in [1.807, 2.05) is 127 Å². The molecule has 0 aliphatic heterocycles. The van der Waals surface area contributed by atoms with Crippen molar-refractivity contribution in [1.82, 2.24) is 0 Å². The maximum Gasteiger partial charge on any atom is 0.135 e. The van der Waals surface area contributed by atoms with Crippen LogP contribution in [0, 0.1) is 11.6 Å². The van der Waals surface area contributed by atoms with Crippen molar-refractivity contribution in [3.8, 4) is 56.4 Å². The maximum absolute atomic E-state index is 15.3. The van der Waals surface area contributed by atoms with Crippen LogP contribution in [0.15, 0.2) is 315 Å². The van der Waals surface area contributed by atoms with E-state index in [1.165, 1.54) is 0 Å². The molecule has 4 nitrogen and oxygen atoms in total. The predicted molar refractivity (Wildman–Crippen MR) is 362 cm³/mol. The Bertz CT molecular complexity index is 4850. The third-order valence-electron chi connectivity index (χ3n) is 18.2. The molecule has 90 heavy (non-hydrogen) atoms. The van der Waals surface area contributed by atoms with E-state index in [1.54, 1.807) is 24.3 Å². The van der Waals surface area contributed by atoms with Crippen LogP contribution in [0.25, 0.3) is 67.5 Å². The van der Waals surface area contributed by atoms with Gasteiger partial charge in [0.1, 0.15) is 45.8 Å². The molecule has 16 rings (SSSR count). The summed E-state index contributed by atoms with van der Waals surface area (Å²) in [5.41, 5.74) is 19.1. The Hall–Kier alpha value is -11.6. The van der Waals surface area contributed by atoms with E-state index < -0.39 is 10.8 Å². The number of hydrogen-bond acceptors (Lipinski definition) is 4. The van der Waals surface area contributed by atoms with Crippen molar-refractivity contribution in [2.75, 3.05) is 4.90 Å². The van der Waals surface area contributed by atoms with Crippen LogP contribution in [0.4, 0.5) is 25.8 Å². The van der Waals surface area contributed by atoms with Crippen molar-refractivity contribution in [3.63, 3.8) is 0 Å². The molecule has 0 saturated carbocycles. The average molecular weight is 1160 g/mol. The number of benzene rings is 13. The van der Waals surface area contributed by atoms with Gasteiger partial charge in [-0.3, -0.25) is 0 Å². The molecule has 0 amide bonds. The molecule has 1 aromatic heterocycles. The summed E-state index contributed by atoms with van der Waals surface area (Å²) >= 11 is 0. The van der Waals surface area contributed by atoms with Crippen molar-refractivity contribution in [3.05, 3.63) is 378 Å². The second-order valence-electron chi connectivity index (χ2n) is 23.1. The second kappa shape index (κ2) is 21.7. The van der Waals surface area contributed by atoms with Gasteiger partial charge in [-0.05, 0) is 216 Å². The van der Waals surface area contributed by atoms with Crippen LogP contribution in [0.3, 0.4) is 0 Å². The molecule has 0 saturated heterocycles. The van der Waals surface area contributed by atoms with Gasteiger partial charge in [0.2, 0.25) is 0 Å². The number of hydrogen-bond donors (Lipinski definition) is 0. The van der Waals surface area contributed by atoms with Gasteiger partial charge in [0.15, 0.2) is 0 Å². The zero-order chi connectivity index (χ0) is 60.5. The third-order valence-corrected chi connectivity index (χ3v) is 18.2. The van der Waals surface area contributed by atoms with Crippen molar-refractivity contribution < 1.29 is 22.7 Å². The zero-order valence-corrected chi connectivity index (χ0v) is 48.8. The minimum atomic E-state index is -0.909. The molecule has 2 atom stereocenters. The van der Waals surface area contributed by atoms with E-state index in [-0.39, 0.29) is 11.6 Å². The van der Waals surface area contributed by atoms with Gasteiger partial charge in [0.05, 0.1) is 10.8 Å². The number of nitrogens with zero attached hydrogens (tertiary/aromatic N) is 1. The fourth-order valence-corrected chi connectivity index (χ4v) is 14.1. The quantitative estimate of drug-likeness (QED) is 0.109. The van der Waals surface area contributed by atoms with Gasteiger partial charge >= 0.3 is 0 Å². The van der Waals surface area contributed by atoms with Crippen LogP contribution in [0.5, 0.6) is 23.0 Å². The van der Waals surface area contributed by atoms with E-state index in [2.05, 4.69) is 176 Å². The predicted octanol–water partition coefficient (Wildman–Crippen LogP) is 22.6. The zero-order valence-electron chi connectivity index (χ0n) is 48.8. The molecule has 0 radical (unpaired) electrons. The molecule has 2 aliphatic rings. The van der Waals surface area contributed by atoms with E-state index in [0.717, 1.165) is 128 Å². The Morgan fingerprint density at radius 1 is 0.322 bits per heavy atom. The number of ether oxygens (including phenoxy) is 2. The van der Waals surface area contributed by atoms with Gasteiger partial charge in [-0.25, -0.2) is 8.78 Å². The van der Waals surface area contributed by atoms with Crippen LogP contribution in [-0.2, 0) is 10.8 Å². The summed E-state index contributed by atoms with van der Waals surface area (Å²) in [7, 11) is 0. The van der Waals surface area contributed by atoms with Gasteiger partial charge in [0.25, 0.3) is 0 Å². The summed E-state index contributed by atoms with van der Waals surface area (Å²) < 4.78 is 49.8. The third kappa shape index (κ3) is 8.78. The smallest absolute Gasteiger partial charge is 0.135 e. The Labute approximate surface area is 520 Å². The van der Waals surface area contributed by atoms with Gasteiger partial charge in [0, 0.05) is 27.8 Å². The maximum atomic E-state index is 15.3. The van der Waals surface area contributed by atoms with Crippen molar-refractivity contribution >= 4 is 51.2 Å². The summed E-state index contributed by atoms with van der Waals surface area (Å²) in [6.45, 7) is 7.83. The van der Waals surface area contributed by atoms with Crippen molar-refractivity contribution in [2.45, 2.75) is 10.8 Å². The van der Waals surface area contributed by atoms with Crippen LogP contribution in [0.1, 0.15) is 55.6 Å². The molecule has 0 bridgehead atoms. The summed E-state index contributed by atoms with van der Waals surface area (Å²) in [6, 6.07) is 100. The minimum Gasteiger partial charge on any atom is -0.457 e. The van der Waals surface area contributed by atoms with Gasteiger partial charge in [-0.1, -0.05) is 195 Å². The highest BCUT2D eigenvalue weighted by molar-refractivity contribution is 6.06. The van der Waals surface area contributed by atoms with E-state index in [4.69, 9.17) is 13.9 Å². The lowest BCUT2D eigenvalue weighted by atomic mass is 9.67. The number of para-hydroxylation sites is 1. The van der Waals surface area contributed by atoms with Crippen molar-refractivity contribution in [1.29, 1.82) is 0 Å². The fourth-order valence-electron chi connectivity index (χ4n) is 14.1. The first-order chi connectivity index (χ1) is 44.3. The Kier molecular flexibility index (Phi) is 13.0. The largest absolute Gasteiger partial charge is 0.457 e. The van der Waals surface area contributed by atoms with Gasteiger partial charge in [-0.15, -0.1) is 0 Å². The lowest BCUT2D eigenvalue weighted by molar-refractivity contribution is 0.482. The molecule has 428 valence electrons. The Morgan fingerprint density at radius 2 is 0.700 bits per heavy atom. The van der Waals surface area contributed by atoms with E-state index in [0.29, 0.717) is 23.0 Å². The first kappa shape index (κ1) is 53.8. The van der Waals surface area contributed by atoms with Gasteiger partial charge < -0.3 is 18.8 Å². The number of fused-ring (bicyclic) bond motifs is 9. The monoisotopic (exact) mass is 1160 g/mol. The molecule has 1 heterocycles. The fraction of sp³-hybridized carbons (Fsp3) is 0.0238. The van der Waals surface area contributed by atoms with E-state index in [9.17, 15) is 0 Å². The Morgan fingerprint density at radius 3 is 1.17 bits per heavy atom. The molecule has 2 unspecified atom stereocenters. The molecular formula is C84H55F2NO3. The minimum absolute atomic E-state index is 0.317. The number of rotatable bonds is 14. The molecule has 14 aromatic rings. The molecular weight excluding hydrogens is 1110 g/mol. The molecule has 0 N–H and O–H groups in total. The first-order valence-corrected chi connectivity index (χ1v) is 30.1. The Balaban J connectivity index is 0.896. The molecule has 13 aromatic carbocycles. The molecule has 6 heteroatoms. The average Bonchev–Trinajstić information content (AvgIpc) is 1.54. The SMILES string of the molecule is C=Cc1ccc(Oc2ccc(C3(c4ccc(F)cc4)c4ccccc4-c4ccc(N(c5ccc(-c6ccc7oc8ccccc8c7c6)cc5)c5ccc6c(c5)C(c5ccc(F)cc5)(c5ccc(Oc7ccc(C=C)cc7)cc5)c5ccccc5-6)cc43)cc2)cc1. The molecule has 0 spiro atoms. The summed E-state index contributed by atoms with van der Waals surface area (Å²) in [4.78, 5) is 2.34. The summed E-state index contributed by atoms with van der Waals surface area (Å²) in [6.07, 6.45) is 3.62. The lowest BCUT2D eigenvalue weighted by Gasteiger charge is -2.36. The van der Waals surface area contributed by atoms with Crippen LogP contribution >= 0.6 is 0 Å². The number of halogens is 2. The van der Waals surface area contributed by atoms with Crippen molar-refractivity contribution in [2.24, 2.45) is 0 Å². The number of furan rings is 1. The van der Waals surface area contributed by atoms with Crippen LogP contribution in [0.2, 0.25) is 0 Å². The van der Waals surface area contributed by atoms with Crippen LogP contribution < -0.4 is 14.4 Å². The standard InChI is InChI=1S/C84H55F2NO3/c1-3-54-17-40-67(41-18-54)88-69-44-28-60(29-45-69)83(58-24-32-62(85)33-25-58)77-14-8-5-11-71(77)73-48-38-65(52-79(73)83)87(64-36-21-56(22-37-64)57-23-50-82-76(51-57)75-13-7-10-16-81(75)90-82)66-39-49-74-72-12-6-9-15-78(72)84(80(74)53-66,59-26-34-63(86)35-27-59)61-30-46-70(47-31-61)89-68-42-19-55(4-2)20-43-68/h3-53H,1-2H2. The molecule has 2 aliphatic carbocycles. The number of anilines is 3. The second-order valence-corrected chi connectivity index (χ2v) is 23.1. The highest BCUT2D eigenvalue weighted by Gasteiger charge is 2.48. The van der Waals surface area contributed by atoms with Gasteiger partial charge in [-0.2, -0.15) is 0 Å². The highest BCUT2D eigenvalue weighted by atomic mass is 19.1. The highest BCUT2D eigenvalue weighted by Crippen LogP contribution is 2.60. The summed E-state index contributed by atoms with van der Waals surface area (Å²) in [5.74, 6) is 2.15. The topological polar surface area (TPSA) is 34.8 Å². The van der Waals surface area contributed by atoms with E-state index >= 15 is 8.78 Å². The normalized spacial score (nSPS) is 15.2. The lowest BCUT2D eigenvalue weighted by Crippen LogP contribution is -2.29. The summed E-state index contributed by atoms with van der Waals surface area (Å²) in [5, 5.41) is 2.13. The van der Waals surface area contributed by atoms with Crippen LogP contribution in [-0.4, -0.2) is 0 Å².